The van der Waals surface area contributed by atoms with E-state index in [2.05, 4.69) is 0 Å². The minimum absolute atomic E-state index is 0.0344. The van der Waals surface area contributed by atoms with Gasteiger partial charge in [0.1, 0.15) is 0 Å². The molecule has 0 saturated heterocycles. The van der Waals surface area contributed by atoms with Crippen LogP contribution in [0.3, 0.4) is 0 Å². The summed E-state index contributed by atoms with van der Waals surface area (Å²) in [6.45, 7) is 6.04. The van der Waals surface area contributed by atoms with Crippen molar-refractivity contribution in [3.05, 3.63) is 34.6 Å². The molecule has 1 saturated carbocycles. The number of hydrogen-bond donors (Lipinski definition) is 1. The lowest BCUT2D eigenvalue weighted by molar-refractivity contribution is -0.0360. The number of hydrogen-bond acceptors (Lipinski definition) is 1. The van der Waals surface area contributed by atoms with Gasteiger partial charge in [-0.3, -0.25) is 0 Å². The van der Waals surface area contributed by atoms with Crippen LogP contribution in [0.25, 0.3) is 0 Å². The average molecular weight is 322 g/mol. The van der Waals surface area contributed by atoms with E-state index in [4.69, 9.17) is 0 Å². The van der Waals surface area contributed by atoms with Crippen LogP contribution in [-0.2, 0) is 5.60 Å². The van der Waals surface area contributed by atoms with Crippen molar-refractivity contribution in [2.75, 3.05) is 0 Å². The molecule has 0 atom stereocenters. The van der Waals surface area contributed by atoms with Crippen LogP contribution in [0.15, 0.2) is 0 Å². The first-order valence-electron chi connectivity index (χ1n) is 7.23. The van der Waals surface area contributed by atoms with E-state index in [0.717, 1.165) is 0 Å². The molecule has 22 heavy (non-hydrogen) atoms. The molecule has 0 amide bonds. The van der Waals surface area contributed by atoms with Crippen LogP contribution in [0.1, 0.15) is 52.0 Å². The molecule has 0 unspecified atom stereocenters. The van der Waals surface area contributed by atoms with Crippen LogP contribution in [-0.4, -0.2) is 5.11 Å². The SMILES string of the molecule is CC(C)(C)C1CCC(O)(c2c(F)c(F)c(F)c(F)c2F)CC1. The van der Waals surface area contributed by atoms with Gasteiger partial charge < -0.3 is 5.11 Å². The van der Waals surface area contributed by atoms with Crippen LogP contribution in [0.4, 0.5) is 22.0 Å². The minimum Gasteiger partial charge on any atom is -0.385 e. The highest BCUT2D eigenvalue weighted by Crippen LogP contribution is 2.47. The summed E-state index contributed by atoms with van der Waals surface area (Å²) in [5.74, 6) is -9.89. The maximum Gasteiger partial charge on any atom is 0.200 e. The molecule has 1 aliphatic rings. The van der Waals surface area contributed by atoms with Gasteiger partial charge in [0, 0.05) is 0 Å². The first-order valence-corrected chi connectivity index (χ1v) is 7.23. The third-order valence-corrected chi connectivity index (χ3v) is 4.71. The predicted octanol–water partition coefficient (Wildman–Crippen LogP) is 4.81. The van der Waals surface area contributed by atoms with Crippen molar-refractivity contribution in [2.45, 2.75) is 52.1 Å². The summed E-state index contributed by atoms with van der Waals surface area (Å²) >= 11 is 0. The quantitative estimate of drug-likeness (QED) is 0.447. The van der Waals surface area contributed by atoms with Gasteiger partial charge in [-0.05, 0) is 37.0 Å². The monoisotopic (exact) mass is 322 g/mol. The van der Waals surface area contributed by atoms with Crippen LogP contribution in [0, 0.1) is 40.4 Å². The molecule has 0 aromatic heterocycles. The molecule has 1 aromatic rings. The Balaban J connectivity index is 2.41. The van der Waals surface area contributed by atoms with E-state index in [1.54, 1.807) is 0 Å². The molecule has 1 N–H and O–H groups in total. The molecule has 0 bridgehead atoms. The first kappa shape index (κ1) is 17.2. The molecule has 6 heteroatoms. The molecular formula is C16H19F5O. The van der Waals surface area contributed by atoms with Crippen molar-refractivity contribution in [1.82, 2.24) is 0 Å². The Bertz CT molecular complexity index is 554. The normalized spacial score (nSPS) is 26.3. The Morgan fingerprint density at radius 2 is 1.18 bits per heavy atom. The van der Waals surface area contributed by atoms with Gasteiger partial charge in [0.05, 0.1) is 11.2 Å². The second-order valence-electron chi connectivity index (χ2n) is 7.12. The van der Waals surface area contributed by atoms with Crippen molar-refractivity contribution in [1.29, 1.82) is 0 Å². The predicted molar refractivity (Wildman–Crippen MR) is 71.5 cm³/mol. The Kier molecular flexibility index (Phi) is 4.28. The van der Waals surface area contributed by atoms with Gasteiger partial charge in [0.25, 0.3) is 0 Å². The molecule has 124 valence electrons. The summed E-state index contributed by atoms with van der Waals surface area (Å²) < 4.78 is 67.5. The highest BCUT2D eigenvalue weighted by molar-refractivity contribution is 5.30. The van der Waals surface area contributed by atoms with Gasteiger partial charge in [-0.2, -0.15) is 0 Å². The number of benzene rings is 1. The lowest BCUT2D eigenvalue weighted by Gasteiger charge is -2.41. The van der Waals surface area contributed by atoms with Crippen molar-refractivity contribution < 1.29 is 27.1 Å². The third kappa shape index (κ3) is 2.73. The number of rotatable bonds is 1. The fraction of sp³-hybridized carbons (Fsp3) is 0.625. The Labute approximate surface area is 126 Å². The fourth-order valence-electron chi connectivity index (χ4n) is 3.22. The molecule has 0 aliphatic heterocycles. The average Bonchev–Trinajstić information content (AvgIpc) is 2.42. The van der Waals surface area contributed by atoms with E-state index in [0.29, 0.717) is 12.8 Å². The zero-order chi connectivity index (χ0) is 16.9. The van der Waals surface area contributed by atoms with Crippen LogP contribution >= 0.6 is 0 Å². The van der Waals surface area contributed by atoms with E-state index in [1.807, 2.05) is 20.8 Å². The largest absolute Gasteiger partial charge is 0.385 e. The molecule has 1 aliphatic carbocycles. The van der Waals surface area contributed by atoms with Gasteiger partial charge in [0.2, 0.25) is 5.82 Å². The lowest BCUT2D eigenvalue weighted by atomic mass is 9.67. The van der Waals surface area contributed by atoms with Crippen molar-refractivity contribution >= 4 is 0 Å². The topological polar surface area (TPSA) is 20.2 Å². The molecular weight excluding hydrogens is 303 g/mol. The van der Waals surface area contributed by atoms with Crippen molar-refractivity contribution in [3.63, 3.8) is 0 Å². The molecule has 2 rings (SSSR count). The summed E-state index contributed by atoms with van der Waals surface area (Å²) in [7, 11) is 0. The summed E-state index contributed by atoms with van der Waals surface area (Å²) in [6, 6.07) is 0. The highest BCUT2D eigenvalue weighted by Gasteiger charge is 2.44. The molecule has 0 heterocycles. The summed E-state index contributed by atoms with van der Waals surface area (Å²) in [5.41, 5.74) is -3.17. The second-order valence-corrected chi connectivity index (χ2v) is 7.12. The van der Waals surface area contributed by atoms with Crippen molar-refractivity contribution in [3.8, 4) is 0 Å². The van der Waals surface area contributed by atoms with Gasteiger partial charge in [0.15, 0.2) is 23.3 Å². The highest BCUT2D eigenvalue weighted by atomic mass is 19.2. The van der Waals surface area contributed by atoms with E-state index < -0.39 is 40.3 Å². The van der Waals surface area contributed by atoms with Crippen LogP contribution < -0.4 is 0 Å². The second kappa shape index (κ2) is 5.48. The van der Waals surface area contributed by atoms with Gasteiger partial charge in [-0.15, -0.1) is 0 Å². The Morgan fingerprint density at radius 1 is 0.818 bits per heavy atom. The zero-order valence-corrected chi connectivity index (χ0v) is 12.7. The molecule has 1 aromatic carbocycles. The van der Waals surface area contributed by atoms with E-state index in [-0.39, 0.29) is 24.2 Å². The van der Waals surface area contributed by atoms with E-state index in [9.17, 15) is 27.1 Å². The Hall–Kier alpha value is -1.17. The smallest absolute Gasteiger partial charge is 0.200 e. The summed E-state index contributed by atoms with van der Waals surface area (Å²) in [4.78, 5) is 0. The summed E-state index contributed by atoms with van der Waals surface area (Å²) in [5, 5.41) is 10.5. The van der Waals surface area contributed by atoms with E-state index >= 15 is 0 Å². The van der Waals surface area contributed by atoms with Crippen molar-refractivity contribution in [2.24, 2.45) is 11.3 Å². The standard InChI is InChI=1S/C16H19F5O/c1-15(2,3)8-4-6-16(22,7-5-8)9-10(17)12(19)14(21)13(20)11(9)18/h8,22H,4-7H2,1-3H3. The van der Waals surface area contributed by atoms with Gasteiger partial charge in [-0.1, -0.05) is 20.8 Å². The first-order chi connectivity index (χ1) is 9.99. The van der Waals surface area contributed by atoms with Crippen LogP contribution in [0.2, 0.25) is 0 Å². The molecule has 0 spiro atoms. The maximum absolute atomic E-state index is 13.9. The minimum atomic E-state index is -2.20. The maximum atomic E-state index is 13.9. The molecule has 1 nitrogen and oxygen atoms in total. The third-order valence-electron chi connectivity index (χ3n) is 4.71. The molecule has 1 fully saturated rings. The fourth-order valence-corrected chi connectivity index (χ4v) is 3.22. The van der Waals surface area contributed by atoms with Crippen LogP contribution in [0.5, 0.6) is 0 Å². The van der Waals surface area contributed by atoms with Gasteiger partial charge in [-0.25, -0.2) is 22.0 Å². The molecule has 0 radical (unpaired) electrons. The lowest BCUT2D eigenvalue weighted by Crippen LogP contribution is -2.37. The number of aliphatic hydroxyl groups is 1. The summed E-state index contributed by atoms with van der Waals surface area (Å²) in [6.07, 6.45) is 0.847. The Morgan fingerprint density at radius 3 is 1.55 bits per heavy atom. The number of halogens is 5. The zero-order valence-electron chi connectivity index (χ0n) is 12.7. The van der Waals surface area contributed by atoms with Gasteiger partial charge >= 0.3 is 0 Å². The van der Waals surface area contributed by atoms with E-state index in [1.165, 1.54) is 0 Å².